The Morgan fingerprint density at radius 1 is 1.53 bits per heavy atom. The second-order valence-corrected chi connectivity index (χ2v) is 5.74. The smallest absolute Gasteiger partial charge is 0.234 e. The van der Waals surface area contributed by atoms with E-state index in [4.69, 9.17) is 0 Å². The molecule has 88 valence electrons. The molecular formula is C10H20N2O2S. The molecule has 2 N–H and O–H groups in total. The van der Waals surface area contributed by atoms with Crippen LogP contribution in [-0.4, -0.2) is 40.8 Å². The van der Waals surface area contributed by atoms with E-state index in [9.17, 15) is 9.00 Å². The number of carbonyl (C=O) groups excluding carboxylic acids is 1. The molecule has 1 aliphatic rings. The van der Waals surface area contributed by atoms with E-state index in [1.54, 1.807) is 6.26 Å². The quantitative estimate of drug-likeness (QED) is 0.650. The van der Waals surface area contributed by atoms with Gasteiger partial charge in [0.25, 0.3) is 0 Å². The third kappa shape index (κ3) is 6.62. The zero-order valence-corrected chi connectivity index (χ0v) is 10.2. The van der Waals surface area contributed by atoms with E-state index in [1.165, 1.54) is 0 Å². The lowest BCUT2D eigenvalue weighted by molar-refractivity contribution is -0.120. The van der Waals surface area contributed by atoms with Crippen molar-refractivity contribution in [1.29, 1.82) is 0 Å². The monoisotopic (exact) mass is 232 g/mol. The van der Waals surface area contributed by atoms with Crippen LogP contribution in [0.1, 0.15) is 26.2 Å². The van der Waals surface area contributed by atoms with E-state index in [0.717, 1.165) is 19.3 Å². The highest BCUT2D eigenvalue weighted by Gasteiger charge is 2.22. The minimum absolute atomic E-state index is 0.0713. The molecule has 15 heavy (non-hydrogen) atoms. The molecule has 2 unspecified atom stereocenters. The molecule has 2 atom stereocenters. The summed E-state index contributed by atoms with van der Waals surface area (Å²) in [6, 6.07) is 0.677. The van der Waals surface area contributed by atoms with Gasteiger partial charge in [-0.1, -0.05) is 0 Å². The van der Waals surface area contributed by atoms with Crippen molar-refractivity contribution >= 4 is 16.7 Å². The van der Waals surface area contributed by atoms with Crippen molar-refractivity contribution in [3.63, 3.8) is 0 Å². The minimum Gasteiger partial charge on any atom is -0.352 e. The highest BCUT2D eigenvalue weighted by atomic mass is 32.2. The summed E-state index contributed by atoms with van der Waals surface area (Å²) in [7, 11) is -0.740. The fraction of sp³-hybridized carbons (Fsp3) is 0.900. The molecule has 1 amide bonds. The van der Waals surface area contributed by atoms with Crippen molar-refractivity contribution in [3.8, 4) is 0 Å². The largest absolute Gasteiger partial charge is 0.352 e. The van der Waals surface area contributed by atoms with Gasteiger partial charge in [0.15, 0.2) is 0 Å². The summed E-state index contributed by atoms with van der Waals surface area (Å²) in [6.07, 6.45) is 4.79. The summed E-state index contributed by atoms with van der Waals surface area (Å²) < 4.78 is 10.8. The number of hydrogen-bond acceptors (Lipinski definition) is 3. The maximum atomic E-state index is 11.3. The van der Waals surface area contributed by atoms with Crippen LogP contribution in [0, 0.1) is 0 Å². The van der Waals surface area contributed by atoms with Crippen LogP contribution in [0.25, 0.3) is 0 Å². The topological polar surface area (TPSA) is 58.2 Å². The summed E-state index contributed by atoms with van der Waals surface area (Å²) in [4.78, 5) is 11.3. The van der Waals surface area contributed by atoms with E-state index < -0.39 is 10.8 Å². The first kappa shape index (κ1) is 12.6. The molecule has 4 nitrogen and oxygen atoms in total. The molecule has 0 aromatic rings. The van der Waals surface area contributed by atoms with Gasteiger partial charge in [0.2, 0.25) is 5.91 Å². The number of rotatable bonds is 7. The Morgan fingerprint density at radius 3 is 2.73 bits per heavy atom. The van der Waals surface area contributed by atoms with Crippen molar-refractivity contribution in [2.45, 2.75) is 38.3 Å². The summed E-state index contributed by atoms with van der Waals surface area (Å²) in [5, 5.41) is 6.04. The van der Waals surface area contributed by atoms with Gasteiger partial charge in [-0.05, 0) is 26.2 Å². The van der Waals surface area contributed by atoms with Gasteiger partial charge in [0, 0.05) is 34.9 Å². The number of hydrogen-bond donors (Lipinski definition) is 2. The van der Waals surface area contributed by atoms with Gasteiger partial charge in [-0.15, -0.1) is 0 Å². The zero-order valence-electron chi connectivity index (χ0n) is 9.41. The Balaban J connectivity index is 2.01. The van der Waals surface area contributed by atoms with E-state index >= 15 is 0 Å². The van der Waals surface area contributed by atoms with Crippen LogP contribution in [0.5, 0.6) is 0 Å². The standard InChI is InChI=1S/C10H20N2O2S/c1-8(5-6-15(2)14)11-7-10(13)12-9-3-4-9/h8-9,11H,3-7H2,1-2H3,(H,12,13). The average molecular weight is 232 g/mol. The molecule has 1 fully saturated rings. The van der Waals surface area contributed by atoms with Crippen molar-refractivity contribution in [2.75, 3.05) is 18.6 Å². The van der Waals surface area contributed by atoms with Crippen LogP contribution in [0.2, 0.25) is 0 Å². The van der Waals surface area contributed by atoms with Gasteiger partial charge in [0.05, 0.1) is 6.54 Å². The van der Waals surface area contributed by atoms with Crippen molar-refractivity contribution < 1.29 is 9.00 Å². The van der Waals surface area contributed by atoms with E-state index in [-0.39, 0.29) is 11.9 Å². The van der Waals surface area contributed by atoms with Crippen molar-refractivity contribution in [3.05, 3.63) is 0 Å². The highest BCUT2D eigenvalue weighted by molar-refractivity contribution is 7.84. The SMILES string of the molecule is CC(CCS(C)=O)NCC(=O)NC1CC1. The molecule has 0 aromatic carbocycles. The third-order valence-electron chi connectivity index (χ3n) is 2.39. The highest BCUT2D eigenvalue weighted by Crippen LogP contribution is 2.18. The van der Waals surface area contributed by atoms with Crippen LogP contribution in [0.3, 0.4) is 0 Å². The second kappa shape index (κ2) is 6.23. The van der Waals surface area contributed by atoms with Gasteiger partial charge in [0.1, 0.15) is 0 Å². The predicted octanol–water partition coefficient (Wildman–Crippen LogP) is 0.0117. The lowest BCUT2D eigenvalue weighted by Crippen LogP contribution is -2.39. The summed E-state index contributed by atoms with van der Waals surface area (Å²) >= 11 is 0. The van der Waals surface area contributed by atoms with Crippen LogP contribution >= 0.6 is 0 Å². The Labute approximate surface area is 93.7 Å². The van der Waals surface area contributed by atoms with Crippen LogP contribution < -0.4 is 10.6 Å². The molecule has 0 bridgehead atoms. The summed E-state index contributed by atoms with van der Waals surface area (Å²) in [6.45, 7) is 2.38. The van der Waals surface area contributed by atoms with E-state index in [2.05, 4.69) is 10.6 Å². The van der Waals surface area contributed by atoms with Crippen molar-refractivity contribution in [1.82, 2.24) is 10.6 Å². The molecule has 1 rings (SSSR count). The first-order chi connectivity index (χ1) is 7.08. The predicted molar refractivity (Wildman–Crippen MR) is 62.2 cm³/mol. The summed E-state index contributed by atoms with van der Waals surface area (Å²) in [5.74, 6) is 0.764. The first-order valence-corrected chi connectivity index (χ1v) is 7.13. The van der Waals surface area contributed by atoms with Gasteiger partial charge in [-0.2, -0.15) is 0 Å². The van der Waals surface area contributed by atoms with E-state index in [0.29, 0.717) is 18.3 Å². The number of nitrogens with one attached hydrogen (secondary N) is 2. The van der Waals surface area contributed by atoms with E-state index in [1.807, 2.05) is 6.92 Å². The van der Waals surface area contributed by atoms with Crippen LogP contribution in [0.4, 0.5) is 0 Å². The Bertz CT molecular complexity index is 242. The van der Waals surface area contributed by atoms with Gasteiger partial charge in [-0.25, -0.2) is 0 Å². The molecular weight excluding hydrogens is 212 g/mol. The lowest BCUT2D eigenvalue weighted by atomic mass is 10.2. The Kier molecular flexibility index (Phi) is 5.25. The molecule has 0 saturated heterocycles. The lowest BCUT2D eigenvalue weighted by Gasteiger charge is -2.12. The number of amides is 1. The molecule has 1 aliphatic carbocycles. The maximum absolute atomic E-state index is 11.3. The normalized spacial score (nSPS) is 19.6. The van der Waals surface area contributed by atoms with Crippen LogP contribution in [-0.2, 0) is 15.6 Å². The zero-order chi connectivity index (χ0) is 11.3. The third-order valence-corrected chi connectivity index (χ3v) is 3.20. The Morgan fingerprint density at radius 2 is 2.20 bits per heavy atom. The van der Waals surface area contributed by atoms with Gasteiger partial charge in [-0.3, -0.25) is 9.00 Å². The maximum Gasteiger partial charge on any atom is 0.234 e. The second-order valence-electron chi connectivity index (χ2n) is 4.19. The average Bonchev–Trinajstić information content (AvgIpc) is 2.95. The molecule has 0 radical (unpaired) electrons. The molecule has 0 aliphatic heterocycles. The molecule has 0 spiro atoms. The number of carbonyl (C=O) groups is 1. The molecule has 0 aromatic heterocycles. The minimum atomic E-state index is -0.740. The fourth-order valence-electron chi connectivity index (χ4n) is 1.22. The van der Waals surface area contributed by atoms with Crippen LogP contribution in [0.15, 0.2) is 0 Å². The molecule has 1 saturated carbocycles. The fourth-order valence-corrected chi connectivity index (χ4v) is 1.90. The van der Waals surface area contributed by atoms with Crippen molar-refractivity contribution in [2.24, 2.45) is 0 Å². The molecule has 5 heteroatoms. The Hall–Kier alpha value is -0.420. The summed E-state index contributed by atoms with van der Waals surface area (Å²) in [5.41, 5.74) is 0. The van der Waals surface area contributed by atoms with Gasteiger partial charge >= 0.3 is 0 Å². The van der Waals surface area contributed by atoms with Gasteiger partial charge < -0.3 is 10.6 Å². The molecule has 0 heterocycles. The first-order valence-electron chi connectivity index (χ1n) is 5.40.